The summed E-state index contributed by atoms with van der Waals surface area (Å²) in [6.45, 7) is 1.23. The van der Waals surface area contributed by atoms with Crippen LogP contribution in [-0.4, -0.2) is 56.8 Å². The van der Waals surface area contributed by atoms with Crippen molar-refractivity contribution in [1.82, 2.24) is 9.80 Å². The standard InChI is InChI=1S/C21H25FN2O3S2/c22-16-8-6-15(7-9-16)14-18-20(27)24(21(28)29-18)12-3-5-19(26)23-11-2-1-4-17(23)10-13-25/h6-9,14,17,25H,1-5,10-13H2/b18-14-/t17-/m0/s1. The van der Waals surface area contributed by atoms with E-state index in [-0.39, 0.29) is 30.3 Å². The summed E-state index contributed by atoms with van der Waals surface area (Å²) in [6, 6.07) is 6.05. The highest BCUT2D eigenvalue weighted by atomic mass is 32.2. The van der Waals surface area contributed by atoms with Gasteiger partial charge in [0.25, 0.3) is 5.91 Å². The molecule has 0 unspecified atom stereocenters. The molecule has 0 aromatic heterocycles. The van der Waals surface area contributed by atoms with Gasteiger partial charge in [0.2, 0.25) is 5.91 Å². The minimum Gasteiger partial charge on any atom is -0.396 e. The summed E-state index contributed by atoms with van der Waals surface area (Å²) in [5.41, 5.74) is 0.738. The number of thioether (sulfide) groups is 1. The largest absolute Gasteiger partial charge is 0.396 e. The second-order valence-corrected chi connectivity index (χ2v) is 8.91. The minimum absolute atomic E-state index is 0.0791. The van der Waals surface area contributed by atoms with Gasteiger partial charge in [0.05, 0.1) is 4.91 Å². The Kier molecular flexibility index (Phi) is 7.80. The van der Waals surface area contributed by atoms with Crippen molar-refractivity contribution in [2.24, 2.45) is 0 Å². The van der Waals surface area contributed by atoms with Crippen LogP contribution >= 0.6 is 24.0 Å². The van der Waals surface area contributed by atoms with Gasteiger partial charge < -0.3 is 10.0 Å². The smallest absolute Gasteiger partial charge is 0.266 e. The molecular weight excluding hydrogens is 411 g/mol. The van der Waals surface area contributed by atoms with E-state index >= 15 is 0 Å². The molecule has 2 amide bonds. The fourth-order valence-corrected chi connectivity index (χ4v) is 5.02. The molecule has 0 bridgehead atoms. The number of aliphatic hydroxyl groups excluding tert-OH is 1. The highest BCUT2D eigenvalue weighted by molar-refractivity contribution is 8.26. The quantitative estimate of drug-likeness (QED) is 0.523. The molecular formula is C21H25FN2O3S2. The van der Waals surface area contributed by atoms with Gasteiger partial charge in [0.15, 0.2) is 0 Å². The molecule has 5 nitrogen and oxygen atoms in total. The summed E-state index contributed by atoms with van der Waals surface area (Å²) < 4.78 is 13.5. The molecule has 0 spiro atoms. The van der Waals surface area contributed by atoms with Gasteiger partial charge in [0.1, 0.15) is 10.1 Å². The number of halogens is 1. The van der Waals surface area contributed by atoms with Gasteiger partial charge in [-0.15, -0.1) is 0 Å². The third-order valence-electron chi connectivity index (χ3n) is 5.22. The van der Waals surface area contributed by atoms with Crippen LogP contribution in [0.25, 0.3) is 6.08 Å². The number of hydrogen-bond acceptors (Lipinski definition) is 5. The van der Waals surface area contributed by atoms with Crippen molar-refractivity contribution in [2.45, 2.75) is 44.6 Å². The van der Waals surface area contributed by atoms with E-state index in [4.69, 9.17) is 12.2 Å². The minimum atomic E-state index is -0.325. The fourth-order valence-electron chi connectivity index (χ4n) is 3.71. The summed E-state index contributed by atoms with van der Waals surface area (Å²) in [7, 11) is 0. The van der Waals surface area contributed by atoms with E-state index in [2.05, 4.69) is 0 Å². The number of likely N-dealkylation sites (tertiary alicyclic amines) is 1. The van der Waals surface area contributed by atoms with Crippen LogP contribution < -0.4 is 0 Å². The average Bonchev–Trinajstić information content (AvgIpc) is 2.97. The van der Waals surface area contributed by atoms with Crippen molar-refractivity contribution in [3.05, 3.63) is 40.6 Å². The first-order valence-corrected chi connectivity index (χ1v) is 11.1. The molecule has 2 heterocycles. The monoisotopic (exact) mass is 436 g/mol. The van der Waals surface area contributed by atoms with Crippen molar-refractivity contribution in [3.8, 4) is 0 Å². The molecule has 0 saturated carbocycles. The van der Waals surface area contributed by atoms with Gasteiger partial charge in [0, 0.05) is 32.2 Å². The van der Waals surface area contributed by atoms with Crippen LogP contribution in [0.3, 0.4) is 0 Å². The Labute approximate surface area is 179 Å². The van der Waals surface area contributed by atoms with E-state index in [1.807, 2.05) is 4.90 Å². The molecule has 8 heteroatoms. The van der Waals surface area contributed by atoms with Gasteiger partial charge in [-0.25, -0.2) is 4.39 Å². The lowest BCUT2D eigenvalue weighted by molar-refractivity contribution is -0.135. The first kappa shape index (κ1) is 21.9. The zero-order valence-electron chi connectivity index (χ0n) is 16.2. The van der Waals surface area contributed by atoms with Gasteiger partial charge in [-0.3, -0.25) is 14.5 Å². The van der Waals surface area contributed by atoms with E-state index in [1.54, 1.807) is 18.2 Å². The summed E-state index contributed by atoms with van der Waals surface area (Å²) in [5, 5.41) is 9.22. The number of thiocarbonyl (C=S) groups is 1. The third-order valence-corrected chi connectivity index (χ3v) is 6.60. The molecule has 1 N–H and O–H groups in total. The molecule has 2 aliphatic rings. The summed E-state index contributed by atoms with van der Waals surface area (Å²) in [5.74, 6) is -0.419. The molecule has 2 saturated heterocycles. The lowest BCUT2D eigenvalue weighted by Crippen LogP contribution is -2.44. The number of hydrogen-bond donors (Lipinski definition) is 1. The molecule has 0 radical (unpaired) electrons. The van der Waals surface area contributed by atoms with Crippen molar-refractivity contribution in [3.63, 3.8) is 0 Å². The number of aliphatic hydroxyl groups is 1. The first-order valence-electron chi connectivity index (χ1n) is 9.91. The van der Waals surface area contributed by atoms with Crippen molar-refractivity contribution < 1.29 is 19.1 Å². The van der Waals surface area contributed by atoms with E-state index in [1.165, 1.54) is 28.8 Å². The predicted molar refractivity (Wildman–Crippen MR) is 117 cm³/mol. The SMILES string of the molecule is O=C1/C(=C/c2ccc(F)cc2)SC(=S)N1CCCC(=O)N1CCCC[C@H]1CCO. The van der Waals surface area contributed by atoms with Crippen LogP contribution in [0.15, 0.2) is 29.2 Å². The first-order chi connectivity index (χ1) is 14.0. The van der Waals surface area contributed by atoms with E-state index < -0.39 is 0 Å². The van der Waals surface area contributed by atoms with Crippen molar-refractivity contribution in [2.75, 3.05) is 19.7 Å². The lowest BCUT2D eigenvalue weighted by atomic mass is 9.99. The Morgan fingerprint density at radius 1 is 1.31 bits per heavy atom. The zero-order chi connectivity index (χ0) is 20.8. The van der Waals surface area contributed by atoms with Gasteiger partial charge in [-0.05, 0) is 55.9 Å². The maximum atomic E-state index is 13.0. The number of benzene rings is 1. The van der Waals surface area contributed by atoms with Crippen molar-refractivity contribution in [1.29, 1.82) is 0 Å². The molecule has 2 fully saturated rings. The van der Waals surface area contributed by atoms with Crippen LogP contribution in [-0.2, 0) is 9.59 Å². The van der Waals surface area contributed by atoms with Gasteiger partial charge >= 0.3 is 0 Å². The predicted octanol–water partition coefficient (Wildman–Crippen LogP) is 3.57. The number of carbonyl (C=O) groups excluding carboxylic acids is 2. The highest BCUT2D eigenvalue weighted by Crippen LogP contribution is 2.32. The maximum absolute atomic E-state index is 13.0. The number of amides is 2. The van der Waals surface area contributed by atoms with Crippen LogP contribution in [0.1, 0.15) is 44.1 Å². The highest BCUT2D eigenvalue weighted by Gasteiger charge is 2.32. The van der Waals surface area contributed by atoms with Crippen molar-refractivity contribution >= 4 is 46.2 Å². The average molecular weight is 437 g/mol. The molecule has 3 rings (SSSR count). The molecule has 1 atom stereocenters. The van der Waals surface area contributed by atoms with Gasteiger partial charge in [-0.1, -0.05) is 36.1 Å². The zero-order valence-corrected chi connectivity index (χ0v) is 17.8. The van der Waals surface area contributed by atoms with Crippen LogP contribution in [0.2, 0.25) is 0 Å². The molecule has 2 aliphatic heterocycles. The Morgan fingerprint density at radius 3 is 2.79 bits per heavy atom. The molecule has 156 valence electrons. The van der Waals surface area contributed by atoms with Crippen LogP contribution in [0.5, 0.6) is 0 Å². The molecule has 0 aliphatic carbocycles. The van der Waals surface area contributed by atoms with E-state index in [0.717, 1.165) is 31.4 Å². The molecule has 1 aromatic carbocycles. The molecule has 29 heavy (non-hydrogen) atoms. The normalized spacial score (nSPS) is 21.3. The lowest BCUT2D eigenvalue weighted by Gasteiger charge is -2.35. The number of nitrogens with zero attached hydrogens (tertiary/aromatic N) is 2. The van der Waals surface area contributed by atoms with Gasteiger partial charge in [-0.2, -0.15) is 0 Å². The second kappa shape index (κ2) is 10.3. The third kappa shape index (κ3) is 5.65. The number of rotatable bonds is 7. The topological polar surface area (TPSA) is 60.9 Å². The maximum Gasteiger partial charge on any atom is 0.266 e. The van der Waals surface area contributed by atoms with E-state index in [9.17, 15) is 19.1 Å². The van der Waals surface area contributed by atoms with E-state index in [0.29, 0.717) is 35.0 Å². The number of carbonyl (C=O) groups is 2. The Morgan fingerprint density at radius 2 is 2.07 bits per heavy atom. The summed E-state index contributed by atoms with van der Waals surface area (Å²) in [6.07, 6.45) is 6.25. The number of piperidine rings is 1. The summed E-state index contributed by atoms with van der Waals surface area (Å²) in [4.78, 5) is 29.2. The summed E-state index contributed by atoms with van der Waals surface area (Å²) >= 11 is 6.56. The Balaban J connectivity index is 1.54. The second-order valence-electron chi connectivity index (χ2n) is 7.24. The Bertz CT molecular complexity index is 796. The molecule has 1 aromatic rings. The fraction of sp³-hybridized carbons (Fsp3) is 0.476. The van der Waals surface area contributed by atoms with Crippen LogP contribution in [0, 0.1) is 5.82 Å². The Hall–Kier alpha value is -1.77. The van der Waals surface area contributed by atoms with Crippen LogP contribution in [0.4, 0.5) is 4.39 Å².